The lowest BCUT2D eigenvalue weighted by molar-refractivity contribution is 0.0756. The van der Waals surface area contributed by atoms with E-state index in [-0.39, 0.29) is 5.91 Å². The van der Waals surface area contributed by atoms with Crippen molar-refractivity contribution in [2.24, 2.45) is 0 Å². The van der Waals surface area contributed by atoms with E-state index < -0.39 is 0 Å². The zero-order chi connectivity index (χ0) is 15.1. The maximum atomic E-state index is 12.7. The molecular formula is C14H13BrN6O. The van der Waals surface area contributed by atoms with Gasteiger partial charge in [0.05, 0.1) is 16.5 Å². The van der Waals surface area contributed by atoms with Gasteiger partial charge in [0, 0.05) is 50.1 Å². The molecule has 0 aromatic carbocycles. The highest BCUT2D eigenvalue weighted by molar-refractivity contribution is 9.10. The SMILES string of the molecule is O=C(c1cc2ncc(Br)cn2n1)N1CCc2nc[nH]c2CC1. The van der Waals surface area contributed by atoms with Crippen LogP contribution in [-0.4, -0.2) is 48.5 Å². The minimum absolute atomic E-state index is 0.0632. The molecule has 1 aliphatic heterocycles. The normalized spacial score (nSPS) is 14.9. The molecule has 0 spiro atoms. The summed E-state index contributed by atoms with van der Waals surface area (Å²) in [6, 6.07) is 1.72. The van der Waals surface area contributed by atoms with E-state index in [1.54, 1.807) is 29.3 Å². The smallest absolute Gasteiger partial charge is 0.274 e. The lowest BCUT2D eigenvalue weighted by Crippen LogP contribution is -2.33. The highest BCUT2D eigenvalue weighted by Crippen LogP contribution is 2.15. The molecule has 4 rings (SSSR count). The van der Waals surface area contributed by atoms with E-state index in [1.807, 2.05) is 4.90 Å². The molecule has 0 radical (unpaired) electrons. The average molecular weight is 361 g/mol. The maximum absolute atomic E-state index is 12.7. The molecule has 3 aromatic heterocycles. The van der Waals surface area contributed by atoms with Crippen molar-refractivity contribution in [3.05, 3.63) is 46.3 Å². The second kappa shape index (κ2) is 5.20. The number of aromatic amines is 1. The van der Waals surface area contributed by atoms with E-state index in [9.17, 15) is 4.79 Å². The molecule has 1 aliphatic rings. The Morgan fingerprint density at radius 1 is 1.27 bits per heavy atom. The lowest BCUT2D eigenvalue weighted by atomic mass is 10.2. The van der Waals surface area contributed by atoms with Gasteiger partial charge in [-0.15, -0.1) is 0 Å². The van der Waals surface area contributed by atoms with Gasteiger partial charge in [0.2, 0.25) is 0 Å². The van der Waals surface area contributed by atoms with Crippen LogP contribution in [0, 0.1) is 0 Å². The van der Waals surface area contributed by atoms with Gasteiger partial charge >= 0.3 is 0 Å². The number of amides is 1. The predicted octanol–water partition coefficient (Wildman–Crippen LogP) is 1.46. The fourth-order valence-corrected chi connectivity index (χ4v) is 3.00. The Hall–Kier alpha value is -2.22. The van der Waals surface area contributed by atoms with E-state index in [4.69, 9.17) is 0 Å². The van der Waals surface area contributed by atoms with Crippen LogP contribution in [0.5, 0.6) is 0 Å². The molecule has 112 valence electrons. The van der Waals surface area contributed by atoms with E-state index in [0.717, 1.165) is 28.7 Å². The standard InChI is InChI=1S/C14H13BrN6O/c15-9-6-16-13-5-12(19-21(13)7-9)14(22)20-3-1-10-11(2-4-20)18-8-17-10/h5-8H,1-4H2,(H,17,18). The van der Waals surface area contributed by atoms with Crippen LogP contribution in [0.4, 0.5) is 0 Å². The first kappa shape index (κ1) is 13.4. The van der Waals surface area contributed by atoms with Crippen LogP contribution in [-0.2, 0) is 12.8 Å². The van der Waals surface area contributed by atoms with Crippen molar-refractivity contribution < 1.29 is 4.79 Å². The molecule has 3 aromatic rings. The van der Waals surface area contributed by atoms with Gasteiger partial charge < -0.3 is 9.88 Å². The first-order valence-electron chi connectivity index (χ1n) is 7.02. The molecule has 0 atom stereocenters. The fraction of sp³-hybridized carbons (Fsp3) is 0.286. The number of fused-ring (bicyclic) bond motifs is 2. The Morgan fingerprint density at radius 2 is 2.14 bits per heavy atom. The van der Waals surface area contributed by atoms with E-state index >= 15 is 0 Å². The summed E-state index contributed by atoms with van der Waals surface area (Å²) in [5.41, 5.74) is 3.25. The number of hydrogen-bond acceptors (Lipinski definition) is 4. The Morgan fingerprint density at radius 3 is 3.05 bits per heavy atom. The van der Waals surface area contributed by atoms with Gasteiger partial charge in [0.25, 0.3) is 5.91 Å². The van der Waals surface area contributed by atoms with Crippen molar-refractivity contribution in [3.8, 4) is 0 Å². The Bertz CT molecular complexity index is 832. The van der Waals surface area contributed by atoms with Crippen LogP contribution in [0.3, 0.4) is 0 Å². The number of nitrogens with one attached hydrogen (secondary N) is 1. The summed E-state index contributed by atoms with van der Waals surface area (Å²) in [5.74, 6) is -0.0632. The summed E-state index contributed by atoms with van der Waals surface area (Å²) in [6.07, 6.45) is 6.75. The number of nitrogens with zero attached hydrogens (tertiary/aromatic N) is 5. The van der Waals surface area contributed by atoms with Crippen LogP contribution in [0.1, 0.15) is 21.9 Å². The number of carbonyl (C=O) groups excluding carboxylic acids is 1. The van der Waals surface area contributed by atoms with Crippen LogP contribution in [0.15, 0.2) is 29.3 Å². The number of rotatable bonds is 1. The average Bonchev–Trinajstić information content (AvgIpc) is 3.08. The second-order valence-corrected chi connectivity index (χ2v) is 6.14. The van der Waals surface area contributed by atoms with Crippen molar-refractivity contribution in [1.29, 1.82) is 0 Å². The zero-order valence-corrected chi connectivity index (χ0v) is 13.2. The third-order valence-corrected chi connectivity index (χ3v) is 4.26. The molecule has 0 fully saturated rings. The monoisotopic (exact) mass is 360 g/mol. The van der Waals surface area contributed by atoms with E-state index in [1.165, 1.54) is 0 Å². The quantitative estimate of drug-likeness (QED) is 0.712. The van der Waals surface area contributed by atoms with Crippen LogP contribution in [0.25, 0.3) is 5.65 Å². The number of hydrogen-bond donors (Lipinski definition) is 1. The first-order valence-corrected chi connectivity index (χ1v) is 7.81. The summed E-state index contributed by atoms with van der Waals surface area (Å²) in [6.45, 7) is 1.32. The summed E-state index contributed by atoms with van der Waals surface area (Å²) >= 11 is 3.35. The molecule has 0 bridgehead atoms. The van der Waals surface area contributed by atoms with Crippen LogP contribution < -0.4 is 0 Å². The Balaban J connectivity index is 1.59. The van der Waals surface area contributed by atoms with Crippen molar-refractivity contribution in [1.82, 2.24) is 29.5 Å². The molecule has 8 heteroatoms. The van der Waals surface area contributed by atoms with Crippen LogP contribution in [0.2, 0.25) is 0 Å². The summed E-state index contributed by atoms with van der Waals surface area (Å²) in [4.78, 5) is 26.2. The second-order valence-electron chi connectivity index (χ2n) is 5.22. The summed E-state index contributed by atoms with van der Waals surface area (Å²) in [5, 5.41) is 4.33. The number of H-pyrrole nitrogens is 1. The fourth-order valence-electron chi connectivity index (χ4n) is 2.70. The van der Waals surface area contributed by atoms with Gasteiger partial charge in [-0.05, 0) is 15.9 Å². The molecule has 0 aliphatic carbocycles. The molecule has 1 N–H and O–H groups in total. The molecule has 4 heterocycles. The molecule has 7 nitrogen and oxygen atoms in total. The minimum atomic E-state index is -0.0632. The lowest BCUT2D eigenvalue weighted by Gasteiger charge is -2.18. The Kier molecular flexibility index (Phi) is 3.18. The topological polar surface area (TPSA) is 79.2 Å². The highest BCUT2D eigenvalue weighted by Gasteiger charge is 2.23. The molecule has 22 heavy (non-hydrogen) atoms. The third kappa shape index (κ3) is 2.29. The summed E-state index contributed by atoms with van der Waals surface area (Å²) in [7, 11) is 0. The van der Waals surface area contributed by atoms with Crippen molar-refractivity contribution in [2.45, 2.75) is 12.8 Å². The third-order valence-electron chi connectivity index (χ3n) is 3.85. The van der Waals surface area contributed by atoms with Crippen molar-refractivity contribution >= 4 is 27.5 Å². The minimum Gasteiger partial charge on any atom is -0.348 e. The van der Waals surface area contributed by atoms with Crippen molar-refractivity contribution in [3.63, 3.8) is 0 Å². The number of imidazole rings is 1. The largest absolute Gasteiger partial charge is 0.348 e. The molecule has 0 saturated heterocycles. The van der Waals surface area contributed by atoms with Gasteiger partial charge in [0.1, 0.15) is 0 Å². The molecular weight excluding hydrogens is 348 g/mol. The van der Waals surface area contributed by atoms with Crippen LogP contribution >= 0.6 is 15.9 Å². The molecule has 0 unspecified atom stereocenters. The van der Waals surface area contributed by atoms with Gasteiger partial charge in [-0.25, -0.2) is 14.5 Å². The van der Waals surface area contributed by atoms with Gasteiger partial charge in [-0.3, -0.25) is 4.79 Å². The predicted molar refractivity (Wildman–Crippen MR) is 82.6 cm³/mol. The molecule has 0 saturated carbocycles. The van der Waals surface area contributed by atoms with Gasteiger partial charge in [-0.2, -0.15) is 5.10 Å². The first-order chi connectivity index (χ1) is 10.7. The Labute approximate surface area is 134 Å². The van der Waals surface area contributed by atoms with Crippen molar-refractivity contribution in [2.75, 3.05) is 13.1 Å². The van der Waals surface area contributed by atoms with E-state index in [0.29, 0.717) is 24.4 Å². The summed E-state index contributed by atoms with van der Waals surface area (Å²) < 4.78 is 2.43. The zero-order valence-electron chi connectivity index (χ0n) is 11.7. The number of carbonyl (C=O) groups is 1. The van der Waals surface area contributed by atoms with Gasteiger partial charge in [-0.1, -0.05) is 0 Å². The maximum Gasteiger partial charge on any atom is 0.274 e. The number of halogens is 1. The van der Waals surface area contributed by atoms with Gasteiger partial charge in [0.15, 0.2) is 11.3 Å². The number of aromatic nitrogens is 5. The highest BCUT2D eigenvalue weighted by atomic mass is 79.9. The molecule has 1 amide bonds. The van der Waals surface area contributed by atoms with E-state index in [2.05, 4.69) is 36.0 Å².